The van der Waals surface area contributed by atoms with Gasteiger partial charge in [0.05, 0.1) is 22.9 Å². The lowest BCUT2D eigenvalue weighted by Gasteiger charge is -2.21. The van der Waals surface area contributed by atoms with Crippen LogP contribution in [0.15, 0.2) is 89.9 Å². The van der Waals surface area contributed by atoms with Crippen LogP contribution in [0.25, 0.3) is 11.7 Å². The van der Waals surface area contributed by atoms with Crippen molar-refractivity contribution in [2.24, 2.45) is 0 Å². The molecular formula is C33H29BrCl4N6O4. The van der Waals surface area contributed by atoms with Crippen molar-refractivity contribution in [2.45, 2.75) is 13.5 Å². The summed E-state index contributed by atoms with van der Waals surface area (Å²) in [6.45, 7) is 1.65. The molecule has 0 bridgehead atoms. The SMILES string of the molecule is Cc1nc2c(OCc3c(Cl)ccc(N(C)C(=O)CNC(=O)C=Cc4ccc(C(=O)Nc5ccncc5)cc4)c3Cl)cccn2c1Br.Cl.Cl. The molecule has 0 spiro atoms. The summed E-state index contributed by atoms with van der Waals surface area (Å²) >= 11 is 16.7. The second kappa shape index (κ2) is 17.3. The van der Waals surface area contributed by atoms with Gasteiger partial charge in [0.15, 0.2) is 11.4 Å². The molecule has 0 saturated heterocycles. The van der Waals surface area contributed by atoms with E-state index in [1.807, 2.05) is 23.6 Å². The molecule has 48 heavy (non-hydrogen) atoms. The summed E-state index contributed by atoms with van der Waals surface area (Å²) in [6.07, 6.45) is 7.94. The van der Waals surface area contributed by atoms with E-state index in [0.29, 0.717) is 44.5 Å². The maximum absolute atomic E-state index is 13.0. The molecule has 3 aromatic heterocycles. The standard InChI is InChI=1S/C33H27BrCl2N6O4.2ClH/c1-20-31(34)42-17-3-4-27(32(42)39-20)46-19-24-25(35)10-11-26(30(24)36)41(2)29(44)18-38-28(43)12-7-21-5-8-22(9-6-21)33(45)40-23-13-15-37-16-14-23;;/h3-17H,18-19H2,1-2H3,(H,38,43)(H,37,40,45);2*1H. The van der Waals surface area contributed by atoms with Crippen LogP contribution in [0.1, 0.15) is 27.2 Å². The highest BCUT2D eigenvalue weighted by Crippen LogP contribution is 2.35. The number of fused-ring (bicyclic) bond motifs is 1. The van der Waals surface area contributed by atoms with Gasteiger partial charge in [-0.3, -0.25) is 23.8 Å². The van der Waals surface area contributed by atoms with Crippen LogP contribution in [0.4, 0.5) is 11.4 Å². The van der Waals surface area contributed by atoms with Crippen molar-refractivity contribution in [3.05, 3.63) is 122 Å². The van der Waals surface area contributed by atoms with Gasteiger partial charge in [-0.15, -0.1) is 24.8 Å². The van der Waals surface area contributed by atoms with Crippen LogP contribution in [-0.2, 0) is 16.2 Å². The molecule has 2 N–H and O–H groups in total. The van der Waals surface area contributed by atoms with E-state index in [2.05, 4.69) is 36.5 Å². The number of ether oxygens (including phenoxy) is 1. The Balaban J connectivity index is 0.00000312. The molecule has 0 aliphatic rings. The van der Waals surface area contributed by atoms with E-state index in [9.17, 15) is 14.4 Å². The van der Waals surface area contributed by atoms with Gasteiger partial charge in [0.1, 0.15) is 11.2 Å². The Bertz CT molecular complexity index is 1960. The molecule has 5 rings (SSSR count). The number of likely N-dealkylation sites (N-methyl/N-ethyl adjacent to an activating group) is 1. The summed E-state index contributed by atoms with van der Waals surface area (Å²) in [5.41, 5.74) is 4.15. The number of nitrogens with one attached hydrogen (secondary N) is 2. The van der Waals surface area contributed by atoms with Crippen LogP contribution < -0.4 is 20.3 Å². The number of rotatable bonds is 10. The van der Waals surface area contributed by atoms with Crippen LogP contribution in [0.2, 0.25) is 10.0 Å². The highest BCUT2D eigenvalue weighted by atomic mass is 79.9. The Morgan fingerprint density at radius 1 is 1.02 bits per heavy atom. The molecular weight excluding hydrogens is 766 g/mol. The average Bonchev–Trinajstić information content (AvgIpc) is 3.36. The molecule has 10 nitrogen and oxygen atoms in total. The number of anilines is 2. The number of imidazole rings is 1. The van der Waals surface area contributed by atoms with E-state index in [1.54, 1.807) is 80.1 Å². The number of aromatic nitrogens is 3. The summed E-state index contributed by atoms with van der Waals surface area (Å²) in [5.74, 6) is -0.591. The van der Waals surface area contributed by atoms with E-state index in [0.717, 1.165) is 10.3 Å². The molecule has 0 aliphatic carbocycles. The number of carbonyl (C=O) groups is 3. The highest BCUT2D eigenvalue weighted by Gasteiger charge is 2.20. The van der Waals surface area contributed by atoms with Crippen molar-refractivity contribution in [3.63, 3.8) is 0 Å². The Kier molecular flexibility index (Phi) is 13.8. The summed E-state index contributed by atoms with van der Waals surface area (Å²) in [4.78, 5) is 47.7. The Morgan fingerprint density at radius 2 is 1.73 bits per heavy atom. The molecule has 0 saturated carbocycles. The fourth-order valence-electron chi connectivity index (χ4n) is 4.40. The molecule has 0 radical (unpaired) electrons. The minimum Gasteiger partial charge on any atom is -0.485 e. The van der Waals surface area contributed by atoms with Crippen LogP contribution in [0.5, 0.6) is 5.75 Å². The lowest BCUT2D eigenvalue weighted by atomic mass is 10.1. The quantitative estimate of drug-likeness (QED) is 0.141. The molecule has 0 aliphatic heterocycles. The number of hydrogen-bond acceptors (Lipinski definition) is 6. The molecule has 15 heteroatoms. The molecule has 2 aromatic carbocycles. The summed E-state index contributed by atoms with van der Waals surface area (Å²) in [6, 6.07) is 17.0. The number of halogens is 5. The number of hydrogen-bond donors (Lipinski definition) is 2. The number of pyridine rings is 2. The molecule has 0 unspecified atom stereocenters. The van der Waals surface area contributed by atoms with Gasteiger partial charge in [-0.1, -0.05) is 35.3 Å². The third-order valence-corrected chi connectivity index (χ3v) is 8.67. The minimum absolute atomic E-state index is 0. The Labute approximate surface area is 307 Å². The number of nitrogens with zero attached hydrogens (tertiary/aromatic N) is 4. The van der Waals surface area contributed by atoms with Crippen LogP contribution in [0, 0.1) is 6.92 Å². The van der Waals surface area contributed by atoms with Gasteiger partial charge < -0.3 is 20.3 Å². The van der Waals surface area contributed by atoms with Crippen molar-refractivity contribution >= 4 is 105 Å². The molecule has 3 heterocycles. The number of amides is 3. The fourth-order valence-corrected chi connectivity index (χ4v) is 5.38. The summed E-state index contributed by atoms with van der Waals surface area (Å²) < 4.78 is 8.74. The van der Waals surface area contributed by atoms with Crippen molar-refractivity contribution in [1.82, 2.24) is 19.7 Å². The van der Waals surface area contributed by atoms with E-state index < -0.39 is 11.8 Å². The van der Waals surface area contributed by atoms with Gasteiger partial charge in [-0.25, -0.2) is 4.98 Å². The smallest absolute Gasteiger partial charge is 0.255 e. The van der Waals surface area contributed by atoms with Gasteiger partial charge in [0, 0.05) is 53.6 Å². The maximum Gasteiger partial charge on any atom is 0.255 e. The van der Waals surface area contributed by atoms with Crippen LogP contribution in [0.3, 0.4) is 0 Å². The third kappa shape index (κ3) is 9.06. The largest absolute Gasteiger partial charge is 0.485 e. The van der Waals surface area contributed by atoms with Crippen molar-refractivity contribution in [3.8, 4) is 5.75 Å². The second-order valence-corrected chi connectivity index (χ2v) is 11.6. The molecule has 3 amide bonds. The average molecular weight is 795 g/mol. The van der Waals surface area contributed by atoms with Gasteiger partial charge in [-0.05, 0) is 83.0 Å². The number of aryl methyl sites for hydroxylation is 1. The van der Waals surface area contributed by atoms with Gasteiger partial charge in [-0.2, -0.15) is 0 Å². The molecule has 0 atom stereocenters. The minimum atomic E-state index is -0.465. The lowest BCUT2D eigenvalue weighted by molar-refractivity contribution is -0.122. The topological polar surface area (TPSA) is 118 Å². The van der Waals surface area contributed by atoms with Crippen molar-refractivity contribution in [2.75, 3.05) is 23.8 Å². The van der Waals surface area contributed by atoms with Gasteiger partial charge in [0.2, 0.25) is 11.8 Å². The zero-order valence-corrected chi connectivity index (χ0v) is 30.2. The summed E-state index contributed by atoms with van der Waals surface area (Å²) in [7, 11) is 1.56. The van der Waals surface area contributed by atoms with Crippen LogP contribution in [-0.4, -0.2) is 45.7 Å². The third-order valence-electron chi connectivity index (χ3n) is 6.94. The first-order valence-electron chi connectivity index (χ1n) is 13.9. The predicted molar refractivity (Wildman–Crippen MR) is 197 cm³/mol. The zero-order valence-electron chi connectivity index (χ0n) is 25.4. The first-order chi connectivity index (χ1) is 22.1. The molecule has 0 fully saturated rings. The maximum atomic E-state index is 13.0. The van der Waals surface area contributed by atoms with E-state index >= 15 is 0 Å². The van der Waals surface area contributed by atoms with E-state index in [4.69, 9.17) is 27.9 Å². The Hall–Kier alpha value is -4.13. The zero-order chi connectivity index (χ0) is 32.8. The molecule has 5 aromatic rings. The summed E-state index contributed by atoms with van der Waals surface area (Å²) in [5, 5.41) is 5.99. The van der Waals surface area contributed by atoms with Gasteiger partial charge >= 0.3 is 0 Å². The fraction of sp³-hybridized carbons (Fsp3) is 0.121. The highest BCUT2D eigenvalue weighted by molar-refractivity contribution is 9.10. The predicted octanol–water partition coefficient (Wildman–Crippen LogP) is 7.57. The number of carbonyl (C=O) groups excluding carboxylic acids is 3. The Morgan fingerprint density at radius 3 is 2.44 bits per heavy atom. The van der Waals surface area contributed by atoms with Crippen LogP contribution >= 0.6 is 63.9 Å². The first-order valence-corrected chi connectivity index (χ1v) is 15.4. The number of benzene rings is 2. The van der Waals surface area contributed by atoms with E-state index in [-0.39, 0.29) is 48.9 Å². The first kappa shape index (κ1) is 38.3. The lowest BCUT2D eigenvalue weighted by Crippen LogP contribution is -2.37. The van der Waals surface area contributed by atoms with Gasteiger partial charge in [0.25, 0.3) is 5.91 Å². The normalized spacial score (nSPS) is 10.6. The monoisotopic (exact) mass is 792 g/mol. The van der Waals surface area contributed by atoms with Crippen molar-refractivity contribution in [1.29, 1.82) is 0 Å². The van der Waals surface area contributed by atoms with Crippen molar-refractivity contribution < 1.29 is 19.1 Å². The second-order valence-electron chi connectivity index (χ2n) is 10.0. The van der Waals surface area contributed by atoms with E-state index in [1.165, 1.54) is 11.0 Å². The molecule has 250 valence electrons.